The number of nitrogens with zero attached hydrogens (tertiary/aromatic N) is 2. The maximum Gasteiger partial charge on any atom is 0.248 e. The van der Waals surface area contributed by atoms with Gasteiger partial charge in [-0.3, -0.25) is 9.48 Å². The molecule has 37 heavy (non-hydrogen) atoms. The Balaban J connectivity index is 1.42. The summed E-state index contributed by atoms with van der Waals surface area (Å²) in [6.45, 7) is 4.75. The molecule has 0 saturated carbocycles. The van der Waals surface area contributed by atoms with Crippen molar-refractivity contribution < 1.29 is 14.3 Å². The van der Waals surface area contributed by atoms with E-state index in [1.165, 1.54) is 6.08 Å². The van der Waals surface area contributed by atoms with Crippen molar-refractivity contribution in [1.29, 1.82) is 0 Å². The number of rotatable bonds is 9. The maximum absolute atomic E-state index is 12.7. The van der Waals surface area contributed by atoms with Crippen LogP contribution in [0, 0.1) is 13.8 Å². The van der Waals surface area contributed by atoms with E-state index in [-0.39, 0.29) is 5.91 Å². The van der Waals surface area contributed by atoms with Crippen LogP contribution in [0.1, 0.15) is 28.1 Å². The summed E-state index contributed by atoms with van der Waals surface area (Å²) in [5, 5.41) is 8.26. The molecular formula is C29H27BrClN3O3. The van der Waals surface area contributed by atoms with E-state index in [1.54, 1.807) is 13.2 Å². The van der Waals surface area contributed by atoms with Gasteiger partial charge in [0, 0.05) is 21.1 Å². The Bertz CT molecular complexity index is 1410. The Morgan fingerprint density at radius 1 is 1.08 bits per heavy atom. The van der Waals surface area contributed by atoms with Gasteiger partial charge in [0.1, 0.15) is 18.1 Å². The number of carbonyl (C=O) groups is 1. The molecule has 4 aromatic rings. The first kappa shape index (κ1) is 26.5. The van der Waals surface area contributed by atoms with E-state index >= 15 is 0 Å². The number of benzene rings is 3. The van der Waals surface area contributed by atoms with Gasteiger partial charge in [-0.25, -0.2) is 0 Å². The number of hydrogen-bond acceptors (Lipinski definition) is 4. The van der Waals surface area contributed by atoms with Crippen LogP contribution in [0.2, 0.25) is 5.02 Å². The van der Waals surface area contributed by atoms with Crippen molar-refractivity contribution in [2.45, 2.75) is 27.0 Å². The molecule has 0 fully saturated rings. The molecule has 0 atom stereocenters. The molecule has 0 spiro atoms. The minimum absolute atomic E-state index is 0.235. The summed E-state index contributed by atoms with van der Waals surface area (Å²) in [4.78, 5) is 12.7. The standard InChI is InChI=1S/C29H27BrClN3O3/c1-19-29(20(2)34(33-19)17-22-4-10-25(31)11-5-22)32-28(35)15-7-21-6-14-27(36-3)23(16-21)18-37-26-12-8-24(30)9-13-26/h4-16H,17-18H2,1-3H3,(H,32,35)/b15-7-. The summed E-state index contributed by atoms with van der Waals surface area (Å²) in [6, 6.07) is 21.0. The van der Waals surface area contributed by atoms with Crippen LogP contribution in [0.5, 0.6) is 11.5 Å². The summed E-state index contributed by atoms with van der Waals surface area (Å²) < 4.78 is 14.3. The first-order valence-electron chi connectivity index (χ1n) is 11.6. The molecule has 8 heteroatoms. The van der Waals surface area contributed by atoms with Gasteiger partial charge in [-0.15, -0.1) is 0 Å². The number of aryl methyl sites for hydroxylation is 1. The molecule has 0 radical (unpaired) electrons. The minimum atomic E-state index is -0.235. The molecule has 0 bridgehead atoms. The highest BCUT2D eigenvalue weighted by molar-refractivity contribution is 9.10. The molecule has 0 aliphatic carbocycles. The van der Waals surface area contributed by atoms with E-state index in [0.29, 0.717) is 23.9 Å². The Morgan fingerprint density at radius 2 is 1.81 bits per heavy atom. The molecule has 4 rings (SSSR count). The van der Waals surface area contributed by atoms with E-state index in [0.717, 1.165) is 44.0 Å². The third kappa shape index (κ3) is 7.02. The zero-order valence-corrected chi connectivity index (χ0v) is 23.1. The number of halogens is 2. The highest BCUT2D eigenvalue weighted by Crippen LogP contribution is 2.25. The fourth-order valence-electron chi connectivity index (χ4n) is 3.84. The molecule has 0 saturated heterocycles. The van der Waals surface area contributed by atoms with Gasteiger partial charge in [-0.05, 0) is 79.6 Å². The van der Waals surface area contributed by atoms with Crippen LogP contribution < -0.4 is 14.8 Å². The zero-order chi connectivity index (χ0) is 26.4. The largest absolute Gasteiger partial charge is 0.496 e. The second kappa shape index (κ2) is 12.1. The van der Waals surface area contributed by atoms with E-state index < -0.39 is 0 Å². The molecule has 0 unspecified atom stereocenters. The normalized spacial score (nSPS) is 11.1. The average Bonchev–Trinajstić information content (AvgIpc) is 3.15. The van der Waals surface area contributed by atoms with Crippen molar-refractivity contribution in [2.75, 3.05) is 12.4 Å². The van der Waals surface area contributed by atoms with Gasteiger partial charge in [0.05, 0.1) is 30.7 Å². The number of aromatic nitrogens is 2. The second-order valence-electron chi connectivity index (χ2n) is 8.47. The fraction of sp³-hybridized carbons (Fsp3) is 0.172. The van der Waals surface area contributed by atoms with Crippen molar-refractivity contribution in [1.82, 2.24) is 9.78 Å². The van der Waals surface area contributed by atoms with Crippen molar-refractivity contribution in [3.8, 4) is 11.5 Å². The average molecular weight is 581 g/mol. The van der Waals surface area contributed by atoms with Gasteiger partial charge >= 0.3 is 0 Å². The second-order valence-corrected chi connectivity index (χ2v) is 9.82. The van der Waals surface area contributed by atoms with Gasteiger partial charge in [0.15, 0.2) is 0 Å². The smallest absolute Gasteiger partial charge is 0.248 e. The molecule has 1 N–H and O–H groups in total. The molecule has 1 aromatic heterocycles. The van der Waals surface area contributed by atoms with Crippen molar-refractivity contribution in [3.05, 3.63) is 110 Å². The summed E-state index contributed by atoms with van der Waals surface area (Å²) in [7, 11) is 1.62. The molecule has 190 valence electrons. The lowest BCUT2D eigenvalue weighted by Gasteiger charge is -2.11. The minimum Gasteiger partial charge on any atom is -0.496 e. The van der Waals surface area contributed by atoms with E-state index in [9.17, 15) is 4.79 Å². The summed E-state index contributed by atoms with van der Waals surface area (Å²) >= 11 is 9.41. The van der Waals surface area contributed by atoms with Crippen LogP contribution in [0.15, 0.2) is 77.3 Å². The lowest BCUT2D eigenvalue weighted by atomic mass is 10.1. The van der Waals surface area contributed by atoms with E-state index in [4.69, 9.17) is 21.1 Å². The van der Waals surface area contributed by atoms with Crippen molar-refractivity contribution >= 4 is 45.2 Å². The number of amides is 1. The van der Waals surface area contributed by atoms with Crippen molar-refractivity contribution in [3.63, 3.8) is 0 Å². The van der Waals surface area contributed by atoms with Crippen LogP contribution in [0.25, 0.3) is 6.08 Å². The maximum atomic E-state index is 12.7. The SMILES string of the molecule is COc1ccc(/C=C\C(=O)Nc2c(C)nn(Cc3ccc(Cl)cc3)c2C)cc1COc1ccc(Br)cc1. The third-order valence-electron chi connectivity index (χ3n) is 5.81. The Labute approximate surface area is 230 Å². The van der Waals surface area contributed by atoms with Crippen LogP contribution in [0.4, 0.5) is 5.69 Å². The molecule has 0 aliphatic rings. The van der Waals surface area contributed by atoms with Crippen molar-refractivity contribution in [2.24, 2.45) is 0 Å². The van der Waals surface area contributed by atoms with Gasteiger partial charge < -0.3 is 14.8 Å². The van der Waals surface area contributed by atoms with Crippen LogP contribution >= 0.6 is 27.5 Å². The molecule has 1 heterocycles. The summed E-state index contributed by atoms with van der Waals surface area (Å²) in [6.07, 6.45) is 3.28. The van der Waals surface area contributed by atoms with Crippen LogP contribution in [-0.2, 0) is 17.9 Å². The fourth-order valence-corrected chi connectivity index (χ4v) is 4.23. The number of ether oxygens (including phenoxy) is 2. The zero-order valence-electron chi connectivity index (χ0n) is 20.8. The molecular weight excluding hydrogens is 554 g/mol. The number of hydrogen-bond donors (Lipinski definition) is 1. The monoisotopic (exact) mass is 579 g/mol. The molecule has 1 amide bonds. The molecule has 3 aromatic carbocycles. The van der Waals surface area contributed by atoms with Crippen LogP contribution in [0.3, 0.4) is 0 Å². The lowest BCUT2D eigenvalue weighted by Crippen LogP contribution is -2.10. The molecule has 0 aliphatic heterocycles. The van der Waals surface area contributed by atoms with E-state index in [1.807, 2.05) is 85.3 Å². The van der Waals surface area contributed by atoms with Crippen LogP contribution in [-0.4, -0.2) is 22.8 Å². The Kier molecular flexibility index (Phi) is 8.69. The van der Waals surface area contributed by atoms with Gasteiger partial charge in [-0.1, -0.05) is 45.7 Å². The first-order valence-corrected chi connectivity index (χ1v) is 12.8. The first-order chi connectivity index (χ1) is 17.8. The Hall–Kier alpha value is -3.55. The number of carbonyl (C=O) groups excluding carboxylic acids is 1. The lowest BCUT2D eigenvalue weighted by molar-refractivity contribution is -0.111. The highest BCUT2D eigenvalue weighted by Gasteiger charge is 2.14. The summed E-state index contributed by atoms with van der Waals surface area (Å²) in [5.41, 5.74) is 5.16. The Morgan fingerprint density at radius 3 is 2.51 bits per heavy atom. The van der Waals surface area contributed by atoms with E-state index in [2.05, 4.69) is 26.3 Å². The predicted molar refractivity (Wildman–Crippen MR) is 151 cm³/mol. The highest BCUT2D eigenvalue weighted by atomic mass is 79.9. The third-order valence-corrected chi connectivity index (χ3v) is 6.60. The number of anilines is 1. The van der Waals surface area contributed by atoms with Gasteiger partial charge in [-0.2, -0.15) is 5.10 Å². The summed E-state index contributed by atoms with van der Waals surface area (Å²) in [5.74, 6) is 1.24. The predicted octanol–water partition coefficient (Wildman–Crippen LogP) is 7.20. The molecule has 6 nitrogen and oxygen atoms in total. The van der Waals surface area contributed by atoms with Gasteiger partial charge in [0.25, 0.3) is 0 Å². The quantitative estimate of drug-likeness (QED) is 0.213. The number of nitrogens with one attached hydrogen (secondary N) is 1. The topological polar surface area (TPSA) is 65.4 Å². The van der Waals surface area contributed by atoms with Gasteiger partial charge in [0.2, 0.25) is 5.91 Å². The number of methoxy groups -OCH3 is 1.